The van der Waals surface area contributed by atoms with Crippen LogP contribution in [0, 0.1) is 0 Å². The largest absolute Gasteiger partial charge is 0.371 e. The topological polar surface area (TPSA) is 29.3 Å². The van der Waals surface area contributed by atoms with Crippen LogP contribution in [0.4, 0.5) is 5.69 Å². The van der Waals surface area contributed by atoms with Gasteiger partial charge in [-0.2, -0.15) is 0 Å². The van der Waals surface area contributed by atoms with Crippen LogP contribution in [0.2, 0.25) is 10.0 Å². The first-order valence-corrected chi connectivity index (χ1v) is 7.41. The lowest BCUT2D eigenvalue weighted by Crippen LogP contribution is -2.29. The normalized spacial score (nSPS) is 16.1. The molecule has 1 aliphatic rings. The maximum Gasteiger partial charge on any atom is 0.0473 e. The van der Waals surface area contributed by atoms with Gasteiger partial charge in [0.15, 0.2) is 0 Å². The van der Waals surface area contributed by atoms with Gasteiger partial charge in [-0.15, -0.1) is 0 Å². The molecule has 0 bridgehead atoms. The fourth-order valence-corrected chi connectivity index (χ4v) is 3.11. The monoisotopic (exact) mass is 286 g/mol. The van der Waals surface area contributed by atoms with E-state index in [1.165, 1.54) is 19.3 Å². The van der Waals surface area contributed by atoms with Crippen molar-refractivity contribution in [3.8, 4) is 0 Å². The molecule has 0 amide bonds. The van der Waals surface area contributed by atoms with Crippen molar-refractivity contribution in [3.63, 3.8) is 0 Å². The van der Waals surface area contributed by atoms with Crippen LogP contribution in [0.3, 0.4) is 0 Å². The van der Waals surface area contributed by atoms with Crippen molar-refractivity contribution in [2.75, 3.05) is 24.5 Å². The Kier molecular flexibility index (Phi) is 5.16. The van der Waals surface area contributed by atoms with Crippen LogP contribution in [0.1, 0.15) is 31.2 Å². The molecule has 1 aliphatic heterocycles. The summed E-state index contributed by atoms with van der Waals surface area (Å²) in [6.45, 7) is 2.88. The highest BCUT2D eigenvalue weighted by molar-refractivity contribution is 6.36. The Balaban J connectivity index is 2.18. The van der Waals surface area contributed by atoms with E-state index >= 15 is 0 Å². The number of piperidine rings is 1. The van der Waals surface area contributed by atoms with Gasteiger partial charge in [-0.3, -0.25) is 0 Å². The van der Waals surface area contributed by atoms with Gasteiger partial charge in [-0.1, -0.05) is 23.2 Å². The van der Waals surface area contributed by atoms with E-state index in [1.807, 2.05) is 12.1 Å². The van der Waals surface area contributed by atoms with Gasteiger partial charge >= 0.3 is 0 Å². The van der Waals surface area contributed by atoms with Crippen molar-refractivity contribution in [3.05, 3.63) is 27.7 Å². The first kappa shape index (κ1) is 14.0. The zero-order valence-corrected chi connectivity index (χ0v) is 12.1. The molecule has 4 heteroatoms. The number of hydrogen-bond donors (Lipinski definition) is 1. The van der Waals surface area contributed by atoms with E-state index in [-0.39, 0.29) is 0 Å². The molecule has 0 spiro atoms. The molecule has 0 aliphatic carbocycles. The highest BCUT2D eigenvalue weighted by Crippen LogP contribution is 2.32. The predicted octanol–water partition coefficient (Wildman–Crippen LogP) is 3.88. The molecular weight excluding hydrogens is 267 g/mol. The predicted molar refractivity (Wildman–Crippen MR) is 79.9 cm³/mol. The van der Waals surface area contributed by atoms with E-state index in [0.717, 1.165) is 47.2 Å². The number of anilines is 1. The highest BCUT2D eigenvalue weighted by Gasteiger charge is 2.14. The van der Waals surface area contributed by atoms with Crippen LogP contribution >= 0.6 is 23.2 Å². The van der Waals surface area contributed by atoms with Crippen molar-refractivity contribution in [2.24, 2.45) is 5.73 Å². The molecule has 0 unspecified atom stereocenters. The van der Waals surface area contributed by atoms with Crippen molar-refractivity contribution >= 4 is 28.9 Å². The average molecular weight is 287 g/mol. The molecule has 2 rings (SSSR count). The minimum atomic E-state index is 0.667. The minimum Gasteiger partial charge on any atom is -0.371 e. The second-order valence-electron chi connectivity index (χ2n) is 4.83. The number of halogens is 2. The van der Waals surface area contributed by atoms with E-state index in [4.69, 9.17) is 28.9 Å². The molecule has 0 saturated carbocycles. The SMILES string of the molecule is NCCCc1c(Cl)cc(N2CCCCC2)cc1Cl. The summed E-state index contributed by atoms with van der Waals surface area (Å²) in [7, 11) is 0. The smallest absolute Gasteiger partial charge is 0.0473 e. The van der Waals surface area contributed by atoms with E-state index < -0.39 is 0 Å². The van der Waals surface area contributed by atoms with Crippen LogP contribution in [0.25, 0.3) is 0 Å². The lowest BCUT2D eigenvalue weighted by molar-refractivity contribution is 0.578. The lowest BCUT2D eigenvalue weighted by Gasteiger charge is -2.29. The van der Waals surface area contributed by atoms with Crippen molar-refractivity contribution in [1.29, 1.82) is 0 Å². The molecule has 1 aromatic carbocycles. The summed E-state index contributed by atoms with van der Waals surface area (Å²) in [6, 6.07) is 4.09. The third-order valence-electron chi connectivity index (χ3n) is 3.48. The standard InChI is InChI=1S/C14H20Cl2N2/c15-13-9-11(18-7-2-1-3-8-18)10-14(16)12(13)5-4-6-17/h9-10H,1-8,17H2. The van der Waals surface area contributed by atoms with Crippen molar-refractivity contribution in [1.82, 2.24) is 0 Å². The zero-order chi connectivity index (χ0) is 13.0. The number of hydrogen-bond acceptors (Lipinski definition) is 2. The third kappa shape index (κ3) is 3.31. The Morgan fingerprint density at radius 1 is 1.06 bits per heavy atom. The Bertz CT molecular complexity index is 378. The summed E-state index contributed by atoms with van der Waals surface area (Å²) in [5.74, 6) is 0. The molecule has 0 atom stereocenters. The van der Waals surface area contributed by atoms with Gasteiger partial charge in [0.05, 0.1) is 0 Å². The molecule has 0 aromatic heterocycles. The number of nitrogens with two attached hydrogens (primary N) is 1. The lowest BCUT2D eigenvalue weighted by atomic mass is 10.1. The number of nitrogens with zero attached hydrogens (tertiary/aromatic N) is 1. The Labute approximate surface area is 119 Å². The van der Waals surface area contributed by atoms with E-state index in [9.17, 15) is 0 Å². The fraction of sp³-hybridized carbons (Fsp3) is 0.571. The van der Waals surface area contributed by atoms with Crippen LogP contribution < -0.4 is 10.6 Å². The second kappa shape index (κ2) is 6.65. The fourth-order valence-electron chi connectivity index (χ4n) is 2.44. The Hall–Kier alpha value is -0.440. The van der Waals surface area contributed by atoms with Crippen LogP contribution in [-0.4, -0.2) is 19.6 Å². The maximum atomic E-state index is 6.34. The summed E-state index contributed by atoms with van der Waals surface area (Å²) in [5.41, 5.74) is 7.71. The van der Waals surface area contributed by atoms with Gasteiger partial charge in [-0.25, -0.2) is 0 Å². The van der Waals surface area contributed by atoms with Crippen LogP contribution in [0.5, 0.6) is 0 Å². The van der Waals surface area contributed by atoms with Gasteiger partial charge in [0.1, 0.15) is 0 Å². The molecule has 2 nitrogen and oxygen atoms in total. The molecule has 2 N–H and O–H groups in total. The van der Waals surface area contributed by atoms with Crippen molar-refractivity contribution < 1.29 is 0 Å². The molecule has 1 aromatic rings. The summed E-state index contributed by atoms with van der Waals surface area (Å²) in [4.78, 5) is 2.37. The average Bonchev–Trinajstić information content (AvgIpc) is 2.39. The zero-order valence-electron chi connectivity index (χ0n) is 10.6. The molecular formula is C14H20Cl2N2. The molecule has 1 heterocycles. The van der Waals surface area contributed by atoms with Crippen LogP contribution in [0.15, 0.2) is 12.1 Å². The summed E-state index contributed by atoms with van der Waals surface area (Å²) >= 11 is 12.7. The van der Waals surface area contributed by atoms with E-state index in [1.54, 1.807) is 0 Å². The summed E-state index contributed by atoms with van der Waals surface area (Å²) < 4.78 is 0. The van der Waals surface area contributed by atoms with Gasteiger partial charge in [0.25, 0.3) is 0 Å². The van der Waals surface area contributed by atoms with Gasteiger partial charge in [0, 0.05) is 28.8 Å². The minimum absolute atomic E-state index is 0.667. The number of benzene rings is 1. The quantitative estimate of drug-likeness (QED) is 0.910. The molecule has 0 radical (unpaired) electrons. The first-order chi connectivity index (χ1) is 8.72. The van der Waals surface area contributed by atoms with E-state index in [0.29, 0.717) is 6.54 Å². The second-order valence-corrected chi connectivity index (χ2v) is 5.64. The third-order valence-corrected chi connectivity index (χ3v) is 4.15. The number of rotatable bonds is 4. The first-order valence-electron chi connectivity index (χ1n) is 6.65. The van der Waals surface area contributed by atoms with Crippen molar-refractivity contribution in [2.45, 2.75) is 32.1 Å². The highest BCUT2D eigenvalue weighted by atomic mass is 35.5. The maximum absolute atomic E-state index is 6.34. The molecule has 1 fully saturated rings. The van der Waals surface area contributed by atoms with E-state index in [2.05, 4.69) is 4.90 Å². The summed E-state index contributed by atoms with van der Waals surface area (Å²) in [5, 5.41) is 1.55. The summed E-state index contributed by atoms with van der Waals surface area (Å²) in [6.07, 6.45) is 5.61. The van der Waals surface area contributed by atoms with Gasteiger partial charge in [0.2, 0.25) is 0 Å². The van der Waals surface area contributed by atoms with Crippen LogP contribution in [-0.2, 0) is 6.42 Å². The Morgan fingerprint density at radius 3 is 2.22 bits per heavy atom. The molecule has 1 saturated heterocycles. The van der Waals surface area contributed by atoms with Gasteiger partial charge < -0.3 is 10.6 Å². The van der Waals surface area contributed by atoms with Gasteiger partial charge in [-0.05, 0) is 56.3 Å². The molecule has 18 heavy (non-hydrogen) atoms. The Morgan fingerprint density at radius 2 is 1.67 bits per heavy atom. The molecule has 100 valence electrons.